The van der Waals surface area contributed by atoms with Crippen LogP contribution in [0.5, 0.6) is 17.2 Å². The van der Waals surface area contributed by atoms with Crippen molar-refractivity contribution in [2.45, 2.75) is 12.5 Å². The van der Waals surface area contributed by atoms with Crippen LogP contribution in [0.1, 0.15) is 33.3 Å². The molecule has 1 aliphatic heterocycles. The molecule has 1 aliphatic rings. The van der Waals surface area contributed by atoms with Crippen LogP contribution in [-0.2, 0) is 6.42 Å². The van der Waals surface area contributed by atoms with E-state index in [9.17, 15) is 14.0 Å². The Labute approximate surface area is 218 Å². The Kier molecular flexibility index (Phi) is 6.87. The van der Waals surface area contributed by atoms with Crippen molar-refractivity contribution in [3.63, 3.8) is 0 Å². The standard InChI is InChI=1S/C30H26FNO6/c1-4-15-37-21-9-6-19(7-10-21)27-26-28(33)22-17-20(31)8-12-23(22)38-29(26)30(34)32(27)14-13-18-5-11-24(35-2)25(16-18)36-3/h4-12,16-17,27H,1,13-15H2,2-3H3. The van der Waals surface area contributed by atoms with Crippen molar-refractivity contribution in [1.82, 2.24) is 4.90 Å². The van der Waals surface area contributed by atoms with Crippen LogP contribution in [0.15, 0.2) is 82.5 Å². The number of benzene rings is 3. The van der Waals surface area contributed by atoms with E-state index >= 15 is 0 Å². The van der Waals surface area contributed by atoms with Gasteiger partial charge in [0.15, 0.2) is 16.9 Å². The quantitative estimate of drug-likeness (QED) is 0.282. The van der Waals surface area contributed by atoms with Gasteiger partial charge in [0.25, 0.3) is 5.91 Å². The minimum absolute atomic E-state index is 0.0293. The Morgan fingerprint density at radius 2 is 1.76 bits per heavy atom. The van der Waals surface area contributed by atoms with E-state index in [0.717, 1.165) is 11.6 Å². The van der Waals surface area contributed by atoms with Gasteiger partial charge in [-0.05, 0) is 60.0 Å². The maximum atomic E-state index is 14.0. The van der Waals surface area contributed by atoms with Crippen molar-refractivity contribution in [1.29, 1.82) is 0 Å². The number of fused-ring (bicyclic) bond motifs is 2. The Morgan fingerprint density at radius 1 is 1.00 bits per heavy atom. The first-order valence-electron chi connectivity index (χ1n) is 12.1. The molecule has 1 aromatic heterocycles. The monoisotopic (exact) mass is 515 g/mol. The van der Waals surface area contributed by atoms with Crippen LogP contribution < -0.4 is 19.6 Å². The van der Waals surface area contributed by atoms with Crippen LogP contribution >= 0.6 is 0 Å². The topological polar surface area (TPSA) is 78.2 Å². The number of methoxy groups -OCH3 is 2. The van der Waals surface area contributed by atoms with E-state index < -0.39 is 23.2 Å². The summed E-state index contributed by atoms with van der Waals surface area (Å²) in [6.45, 7) is 4.29. The molecule has 1 unspecified atom stereocenters. The predicted octanol–water partition coefficient (Wildman–Crippen LogP) is 5.30. The molecule has 4 aromatic rings. The fourth-order valence-corrected chi connectivity index (χ4v) is 4.76. The lowest BCUT2D eigenvalue weighted by molar-refractivity contribution is 0.0730. The van der Waals surface area contributed by atoms with E-state index in [1.807, 2.05) is 24.3 Å². The highest BCUT2D eigenvalue weighted by Gasteiger charge is 2.42. The molecule has 194 valence electrons. The Hall–Kier alpha value is -4.59. The molecule has 0 spiro atoms. The van der Waals surface area contributed by atoms with Gasteiger partial charge in [0.05, 0.1) is 31.2 Å². The number of halogens is 1. The zero-order valence-electron chi connectivity index (χ0n) is 21.0. The van der Waals surface area contributed by atoms with Crippen LogP contribution in [0.2, 0.25) is 0 Å². The third kappa shape index (κ3) is 4.49. The van der Waals surface area contributed by atoms with Gasteiger partial charge >= 0.3 is 0 Å². The maximum absolute atomic E-state index is 14.0. The van der Waals surface area contributed by atoms with Gasteiger partial charge in [-0.3, -0.25) is 9.59 Å². The minimum Gasteiger partial charge on any atom is -0.493 e. The van der Waals surface area contributed by atoms with Crippen molar-refractivity contribution < 1.29 is 27.8 Å². The summed E-state index contributed by atoms with van der Waals surface area (Å²) in [6, 6.07) is 15.7. The lowest BCUT2D eigenvalue weighted by Crippen LogP contribution is -2.31. The number of ether oxygens (including phenoxy) is 3. The molecule has 2 heterocycles. The van der Waals surface area contributed by atoms with Gasteiger partial charge in [0.1, 0.15) is 23.8 Å². The van der Waals surface area contributed by atoms with E-state index in [-0.39, 0.29) is 22.3 Å². The zero-order chi connectivity index (χ0) is 26.8. The van der Waals surface area contributed by atoms with Gasteiger partial charge in [-0.15, -0.1) is 0 Å². The second-order valence-electron chi connectivity index (χ2n) is 8.82. The molecule has 0 saturated heterocycles. The molecule has 3 aromatic carbocycles. The van der Waals surface area contributed by atoms with Gasteiger partial charge in [-0.2, -0.15) is 0 Å². The Bertz CT molecular complexity index is 1580. The van der Waals surface area contributed by atoms with Crippen molar-refractivity contribution in [3.05, 3.63) is 112 Å². The summed E-state index contributed by atoms with van der Waals surface area (Å²) in [6.07, 6.45) is 2.13. The summed E-state index contributed by atoms with van der Waals surface area (Å²) >= 11 is 0. The molecule has 5 rings (SSSR count). The molecule has 0 saturated carbocycles. The highest BCUT2D eigenvalue weighted by molar-refractivity contribution is 5.99. The average molecular weight is 516 g/mol. The number of hydrogen-bond donors (Lipinski definition) is 0. The Balaban J connectivity index is 1.56. The molecule has 7 nitrogen and oxygen atoms in total. The molecular weight excluding hydrogens is 489 g/mol. The number of carbonyl (C=O) groups is 1. The first kappa shape index (κ1) is 25.1. The molecule has 1 amide bonds. The molecule has 1 atom stereocenters. The lowest BCUT2D eigenvalue weighted by Gasteiger charge is -2.25. The number of amides is 1. The highest BCUT2D eigenvalue weighted by atomic mass is 19.1. The van der Waals surface area contributed by atoms with Crippen LogP contribution in [0, 0.1) is 5.82 Å². The largest absolute Gasteiger partial charge is 0.493 e. The third-order valence-corrected chi connectivity index (χ3v) is 6.58. The average Bonchev–Trinajstić information content (AvgIpc) is 3.22. The van der Waals surface area contributed by atoms with Gasteiger partial charge in [0, 0.05) is 6.54 Å². The number of nitrogens with zero attached hydrogens (tertiary/aromatic N) is 1. The van der Waals surface area contributed by atoms with Crippen LogP contribution in [0.25, 0.3) is 11.0 Å². The first-order valence-corrected chi connectivity index (χ1v) is 12.1. The summed E-state index contributed by atoms with van der Waals surface area (Å²) in [5.74, 6) is 0.825. The fraction of sp³-hybridized carbons (Fsp3) is 0.200. The normalized spacial score (nSPS) is 14.4. The number of carbonyl (C=O) groups excluding carboxylic acids is 1. The summed E-state index contributed by atoms with van der Waals surface area (Å²) < 4.78 is 36.2. The molecule has 0 N–H and O–H groups in total. The number of hydrogen-bond acceptors (Lipinski definition) is 6. The van der Waals surface area contributed by atoms with E-state index in [2.05, 4.69) is 6.58 Å². The molecular formula is C30H26FNO6. The maximum Gasteiger partial charge on any atom is 0.290 e. The molecule has 0 bridgehead atoms. The van der Waals surface area contributed by atoms with Crippen LogP contribution in [0.3, 0.4) is 0 Å². The van der Waals surface area contributed by atoms with Crippen LogP contribution in [-0.4, -0.2) is 38.2 Å². The Morgan fingerprint density at radius 3 is 2.47 bits per heavy atom. The minimum atomic E-state index is -0.713. The van der Waals surface area contributed by atoms with E-state index in [4.69, 9.17) is 18.6 Å². The lowest BCUT2D eigenvalue weighted by atomic mass is 9.98. The molecule has 0 fully saturated rings. The van der Waals surface area contributed by atoms with Crippen molar-refractivity contribution >= 4 is 16.9 Å². The summed E-state index contributed by atoms with van der Waals surface area (Å²) in [4.78, 5) is 28.9. The van der Waals surface area contributed by atoms with Gasteiger partial charge in [-0.25, -0.2) is 4.39 Å². The second kappa shape index (κ2) is 10.4. The van der Waals surface area contributed by atoms with Crippen molar-refractivity contribution in [3.8, 4) is 17.2 Å². The van der Waals surface area contributed by atoms with E-state index in [1.54, 1.807) is 43.4 Å². The molecule has 0 radical (unpaired) electrons. The molecule has 8 heteroatoms. The van der Waals surface area contributed by atoms with Crippen molar-refractivity contribution in [2.24, 2.45) is 0 Å². The third-order valence-electron chi connectivity index (χ3n) is 6.58. The summed E-state index contributed by atoms with van der Waals surface area (Å²) in [5.41, 5.74) is 1.56. The SMILES string of the molecule is C=CCOc1ccc(C2c3c(oc4ccc(F)cc4c3=O)C(=O)N2CCc2ccc(OC)c(OC)c2)cc1. The number of rotatable bonds is 9. The van der Waals surface area contributed by atoms with Gasteiger partial charge in [0.2, 0.25) is 5.76 Å². The summed E-state index contributed by atoms with van der Waals surface area (Å²) in [7, 11) is 3.13. The second-order valence-corrected chi connectivity index (χ2v) is 8.82. The van der Waals surface area contributed by atoms with Gasteiger partial charge in [-0.1, -0.05) is 30.9 Å². The smallest absolute Gasteiger partial charge is 0.290 e. The molecule has 38 heavy (non-hydrogen) atoms. The van der Waals surface area contributed by atoms with E-state index in [1.165, 1.54) is 12.1 Å². The summed E-state index contributed by atoms with van der Waals surface area (Å²) in [5, 5.41) is 0.0919. The van der Waals surface area contributed by atoms with Crippen LogP contribution in [0.4, 0.5) is 4.39 Å². The fourth-order valence-electron chi connectivity index (χ4n) is 4.76. The van der Waals surface area contributed by atoms with E-state index in [0.29, 0.717) is 42.4 Å². The zero-order valence-corrected chi connectivity index (χ0v) is 21.0. The first-order chi connectivity index (χ1) is 18.4. The molecule has 0 aliphatic carbocycles. The van der Waals surface area contributed by atoms with Gasteiger partial charge < -0.3 is 23.5 Å². The highest BCUT2D eigenvalue weighted by Crippen LogP contribution is 2.39. The van der Waals surface area contributed by atoms with Crippen molar-refractivity contribution in [2.75, 3.05) is 27.4 Å². The predicted molar refractivity (Wildman–Crippen MR) is 141 cm³/mol.